The van der Waals surface area contributed by atoms with E-state index in [9.17, 15) is 14.0 Å². The first-order valence-electron chi connectivity index (χ1n) is 14.2. The van der Waals surface area contributed by atoms with Crippen LogP contribution in [0, 0.1) is 5.82 Å². The van der Waals surface area contributed by atoms with E-state index in [1.165, 1.54) is 78.2 Å². The number of oxazole rings is 1. The van der Waals surface area contributed by atoms with Gasteiger partial charge in [-0.3, -0.25) is 20.4 Å². The average molecular weight is 659 g/mol. The fraction of sp³-hybridized carbons (Fsp3) is 0.182. The number of nitrogens with one attached hydrogen (secondary N) is 2. The number of anilines is 1. The van der Waals surface area contributed by atoms with E-state index in [4.69, 9.17) is 28.1 Å². The van der Waals surface area contributed by atoms with Crippen LogP contribution >= 0.6 is 0 Å². The van der Waals surface area contributed by atoms with Crippen LogP contribution < -0.4 is 39.4 Å². The SMILES string of the molecule is COc1ccc(-c2ocnc2-c2cc(OC)c(OC)c(OC)c2)cc1O/C=C/C(=O)N(C)c1cccc(F)c1C1=NNC(C(C)=O)=NN1. The van der Waals surface area contributed by atoms with Gasteiger partial charge in [0.25, 0.3) is 5.91 Å². The van der Waals surface area contributed by atoms with E-state index in [1.807, 2.05) is 0 Å². The molecule has 0 radical (unpaired) electrons. The summed E-state index contributed by atoms with van der Waals surface area (Å²) in [5.74, 6) is 0.756. The summed E-state index contributed by atoms with van der Waals surface area (Å²) in [6, 6.07) is 12.8. The van der Waals surface area contributed by atoms with Crippen molar-refractivity contribution in [1.82, 2.24) is 15.8 Å². The molecule has 0 atom stereocenters. The smallest absolute Gasteiger partial charge is 0.253 e. The predicted octanol–water partition coefficient (Wildman–Crippen LogP) is 4.49. The number of amidine groups is 2. The maximum Gasteiger partial charge on any atom is 0.253 e. The van der Waals surface area contributed by atoms with Crippen molar-refractivity contribution < 1.29 is 42.1 Å². The molecule has 0 unspecified atom stereocenters. The van der Waals surface area contributed by atoms with E-state index in [-0.39, 0.29) is 34.5 Å². The fourth-order valence-electron chi connectivity index (χ4n) is 4.74. The summed E-state index contributed by atoms with van der Waals surface area (Å²) in [5.41, 5.74) is 6.92. The first kappa shape index (κ1) is 33.0. The number of carbonyl (C=O) groups excluding carboxylic acids is 2. The van der Waals surface area contributed by atoms with Gasteiger partial charge in [0.1, 0.15) is 11.5 Å². The van der Waals surface area contributed by atoms with Crippen LogP contribution in [-0.4, -0.2) is 63.8 Å². The molecule has 0 saturated carbocycles. The maximum atomic E-state index is 15.0. The maximum absolute atomic E-state index is 15.0. The third-order valence-corrected chi connectivity index (χ3v) is 7.14. The molecule has 14 nitrogen and oxygen atoms in total. The van der Waals surface area contributed by atoms with E-state index in [1.54, 1.807) is 30.3 Å². The van der Waals surface area contributed by atoms with Crippen LogP contribution in [0.3, 0.4) is 0 Å². The Morgan fingerprint density at radius 1 is 0.875 bits per heavy atom. The highest BCUT2D eigenvalue weighted by molar-refractivity contribution is 6.38. The van der Waals surface area contributed by atoms with Gasteiger partial charge in [0.05, 0.1) is 46.0 Å². The van der Waals surface area contributed by atoms with Crippen LogP contribution in [0.5, 0.6) is 28.7 Å². The van der Waals surface area contributed by atoms with Crippen molar-refractivity contribution in [2.75, 3.05) is 40.4 Å². The third kappa shape index (κ3) is 6.60. The normalized spacial score (nSPS) is 12.3. The summed E-state index contributed by atoms with van der Waals surface area (Å²) in [6.07, 6.45) is 3.66. The molecule has 1 aromatic heterocycles. The van der Waals surface area contributed by atoms with Crippen molar-refractivity contribution in [3.63, 3.8) is 0 Å². The molecule has 48 heavy (non-hydrogen) atoms. The number of amides is 1. The van der Waals surface area contributed by atoms with Gasteiger partial charge in [0.15, 0.2) is 46.8 Å². The Labute approximate surface area is 274 Å². The Bertz CT molecular complexity index is 1930. The molecule has 0 bridgehead atoms. The van der Waals surface area contributed by atoms with Crippen LogP contribution in [0.2, 0.25) is 0 Å². The molecular weight excluding hydrogens is 627 g/mol. The zero-order chi connectivity index (χ0) is 34.4. The van der Waals surface area contributed by atoms with Gasteiger partial charge < -0.3 is 33.0 Å². The molecule has 0 fully saturated rings. The average Bonchev–Trinajstić information content (AvgIpc) is 3.60. The number of hydrogen-bond acceptors (Lipinski definition) is 13. The first-order valence-corrected chi connectivity index (χ1v) is 14.2. The summed E-state index contributed by atoms with van der Waals surface area (Å²) >= 11 is 0. The molecule has 3 aromatic carbocycles. The molecule has 2 N–H and O–H groups in total. The van der Waals surface area contributed by atoms with Crippen molar-refractivity contribution in [3.05, 3.63) is 78.6 Å². The van der Waals surface area contributed by atoms with Gasteiger partial charge in [-0.25, -0.2) is 9.37 Å². The number of hydrazone groups is 2. The van der Waals surface area contributed by atoms with Crippen molar-refractivity contribution in [3.8, 4) is 51.3 Å². The number of carbonyl (C=O) groups is 2. The number of ketones is 1. The number of benzene rings is 3. The summed E-state index contributed by atoms with van der Waals surface area (Å²) in [6.45, 7) is 1.30. The van der Waals surface area contributed by atoms with Crippen molar-refractivity contribution in [2.24, 2.45) is 10.2 Å². The number of Topliss-reactive ketones (excluding diaryl/α,β-unsaturated/α-hetero) is 1. The Kier molecular flexibility index (Phi) is 9.88. The molecule has 15 heteroatoms. The number of likely N-dealkylation sites (N-methyl/N-ethyl adjacent to an activating group) is 1. The molecule has 0 saturated heterocycles. The number of ether oxygens (including phenoxy) is 5. The van der Waals surface area contributed by atoms with E-state index in [0.717, 1.165) is 6.08 Å². The van der Waals surface area contributed by atoms with Gasteiger partial charge in [0.2, 0.25) is 11.6 Å². The monoisotopic (exact) mass is 658 g/mol. The number of aromatic nitrogens is 1. The number of nitrogens with zero attached hydrogens (tertiary/aromatic N) is 4. The third-order valence-electron chi connectivity index (χ3n) is 7.14. The second-order valence-corrected chi connectivity index (χ2v) is 9.96. The number of hydrogen-bond donors (Lipinski definition) is 2. The highest BCUT2D eigenvalue weighted by atomic mass is 19.1. The van der Waals surface area contributed by atoms with Gasteiger partial charge in [-0.1, -0.05) is 6.07 Å². The Morgan fingerprint density at radius 2 is 1.58 bits per heavy atom. The minimum absolute atomic E-state index is 0.0205. The second-order valence-electron chi connectivity index (χ2n) is 9.96. The topological polar surface area (TPSA) is 158 Å². The highest BCUT2D eigenvalue weighted by Gasteiger charge is 2.24. The standard InChI is InChI=1S/C33H31FN6O8/c1-18(41)32-36-38-33(39-37-32)28-21(34)8-7-9-22(28)40(2)27(42)12-13-47-24-14-19(10-11-23(24)43-3)30-29(35-17-48-30)20-15-25(44-4)31(46-6)26(16-20)45-5/h7-17H,1-6H3,(H,36,37)(H,38,39)/b13-12+. The molecule has 1 aliphatic heterocycles. The zero-order valence-corrected chi connectivity index (χ0v) is 26.8. The van der Waals surface area contributed by atoms with Gasteiger partial charge in [0, 0.05) is 31.2 Å². The molecule has 4 aromatic rings. The lowest BCUT2D eigenvalue weighted by Crippen LogP contribution is -2.38. The molecule has 2 heterocycles. The molecule has 5 rings (SSSR count). The van der Waals surface area contributed by atoms with Crippen LogP contribution in [0.25, 0.3) is 22.6 Å². The number of halogens is 1. The van der Waals surface area contributed by atoms with Crippen molar-refractivity contribution >= 4 is 29.0 Å². The summed E-state index contributed by atoms with van der Waals surface area (Å²) in [4.78, 5) is 30.4. The van der Waals surface area contributed by atoms with Gasteiger partial charge in [-0.05, 0) is 42.5 Å². The molecule has 1 aliphatic rings. The zero-order valence-electron chi connectivity index (χ0n) is 26.8. The Morgan fingerprint density at radius 3 is 2.21 bits per heavy atom. The van der Waals surface area contributed by atoms with E-state index < -0.39 is 11.7 Å². The first-order chi connectivity index (χ1) is 23.2. The minimum atomic E-state index is -0.665. The lowest BCUT2D eigenvalue weighted by molar-refractivity contribution is -0.114. The minimum Gasteiger partial charge on any atom is -0.493 e. The van der Waals surface area contributed by atoms with E-state index >= 15 is 0 Å². The Hall–Kier alpha value is -6.38. The van der Waals surface area contributed by atoms with Crippen LogP contribution in [-0.2, 0) is 9.59 Å². The van der Waals surface area contributed by atoms with Gasteiger partial charge in [-0.15, -0.1) is 0 Å². The molecule has 1 amide bonds. The van der Waals surface area contributed by atoms with Gasteiger partial charge >= 0.3 is 0 Å². The quantitative estimate of drug-likeness (QED) is 0.163. The lowest BCUT2D eigenvalue weighted by atomic mass is 10.0. The van der Waals surface area contributed by atoms with E-state index in [0.29, 0.717) is 45.6 Å². The fourth-order valence-corrected chi connectivity index (χ4v) is 4.74. The number of rotatable bonds is 12. The lowest BCUT2D eigenvalue weighted by Gasteiger charge is -2.21. The summed E-state index contributed by atoms with van der Waals surface area (Å²) in [5, 5.41) is 7.88. The summed E-state index contributed by atoms with van der Waals surface area (Å²) < 4.78 is 48.5. The van der Waals surface area contributed by atoms with Crippen molar-refractivity contribution in [1.29, 1.82) is 0 Å². The van der Waals surface area contributed by atoms with Crippen LogP contribution in [0.15, 0.2) is 81.9 Å². The summed E-state index contributed by atoms with van der Waals surface area (Å²) in [7, 11) is 7.50. The molecule has 248 valence electrons. The predicted molar refractivity (Wildman–Crippen MR) is 174 cm³/mol. The van der Waals surface area contributed by atoms with Crippen molar-refractivity contribution in [2.45, 2.75) is 6.92 Å². The van der Waals surface area contributed by atoms with Crippen LogP contribution in [0.4, 0.5) is 10.1 Å². The number of methoxy groups -OCH3 is 4. The molecule has 0 spiro atoms. The van der Waals surface area contributed by atoms with Crippen LogP contribution in [0.1, 0.15) is 12.5 Å². The van der Waals surface area contributed by atoms with Gasteiger partial charge in [-0.2, -0.15) is 10.2 Å². The molecule has 0 aliphatic carbocycles. The Balaban J connectivity index is 1.38. The largest absolute Gasteiger partial charge is 0.493 e. The highest BCUT2D eigenvalue weighted by Crippen LogP contribution is 2.43. The molecular formula is C33H31FN6O8. The van der Waals surface area contributed by atoms with E-state index in [2.05, 4.69) is 26.0 Å². The second kappa shape index (κ2) is 14.4.